The number of benzene rings is 2. The summed E-state index contributed by atoms with van der Waals surface area (Å²) in [4.78, 5) is 12.8. The maximum absolute atomic E-state index is 12.8. The van der Waals surface area contributed by atoms with Crippen LogP contribution in [0.1, 0.15) is 42.2 Å². The quantitative estimate of drug-likeness (QED) is 0.811. The molecule has 1 atom stereocenters. The highest BCUT2D eigenvalue weighted by molar-refractivity contribution is 7.90. The van der Waals surface area contributed by atoms with Crippen molar-refractivity contribution >= 4 is 21.8 Å². The van der Waals surface area contributed by atoms with E-state index < -0.39 is 10.2 Å². The van der Waals surface area contributed by atoms with Gasteiger partial charge in [-0.3, -0.25) is 9.10 Å². The average molecular weight is 418 g/mol. The summed E-state index contributed by atoms with van der Waals surface area (Å²) in [7, 11) is 0.844. The second-order valence-electron chi connectivity index (χ2n) is 7.93. The zero-order valence-corrected chi connectivity index (χ0v) is 18.2. The second-order valence-corrected chi connectivity index (χ2v) is 10.1. The van der Waals surface area contributed by atoms with Crippen LogP contribution in [0.25, 0.3) is 0 Å². The first-order chi connectivity index (χ1) is 13.5. The Morgan fingerprint density at radius 3 is 2.31 bits per heavy atom. The van der Waals surface area contributed by atoms with Gasteiger partial charge in [0.2, 0.25) is 0 Å². The fourth-order valence-electron chi connectivity index (χ4n) is 3.37. The van der Waals surface area contributed by atoms with Gasteiger partial charge in [-0.2, -0.15) is 12.7 Å². The molecule has 0 saturated carbocycles. The third-order valence-electron chi connectivity index (χ3n) is 4.98. The Labute approximate surface area is 172 Å². The molecule has 0 fully saturated rings. The Kier molecular flexibility index (Phi) is 5.60. The molecule has 8 heteroatoms. The van der Waals surface area contributed by atoms with E-state index in [2.05, 4.69) is 5.32 Å². The molecule has 0 aliphatic carbocycles. The van der Waals surface area contributed by atoms with E-state index in [9.17, 15) is 13.2 Å². The van der Waals surface area contributed by atoms with Crippen molar-refractivity contribution in [2.75, 3.05) is 25.4 Å². The van der Waals surface area contributed by atoms with E-state index in [1.54, 1.807) is 24.3 Å². The van der Waals surface area contributed by atoms with E-state index in [1.165, 1.54) is 25.4 Å². The van der Waals surface area contributed by atoms with Crippen molar-refractivity contribution in [1.82, 2.24) is 9.62 Å². The first-order valence-corrected chi connectivity index (χ1v) is 10.8. The Morgan fingerprint density at radius 2 is 1.69 bits per heavy atom. The van der Waals surface area contributed by atoms with E-state index in [-0.39, 0.29) is 17.6 Å². The van der Waals surface area contributed by atoms with Gasteiger partial charge in [-0.05, 0) is 44.2 Å². The van der Waals surface area contributed by atoms with Crippen LogP contribution >= 0.6 is 0 Å². The smallest absolute Gasteiger partial charge is 0.303 e. The summed E-state index contributed by atoms with van der Waals surface area (Å²) in [5.41, 5.74) is 1.51. The molecule has 0 unspecified atom stereocenters. The molecule has 156 valence electrons. The molecule has 0 bridgehead atoms. The molecule has 1 aliphatic rings. The number of nitrogens with one attached hydrogen (secondary N) is 1. The summed E-state index contributed by atoms with van der Waals surface area (Å²) in [5.74, 6) is 0.562. The normalized spacial score (nSPS) is 17.9. The van der Waals surface area contributed by atoms with Gasteiger partial charge in [-0.1, -0.05) is 18.2 Å². The van der Waals surface area contributed by atoms with E-state index in [0.29, 0.717) is 17.7 Å². The number of carbonyl (C=O) groups excluding carboxylic acids is 1. The van der Waals surface area contributed by atoms with Gasteiger partial charge in [-0.15, -0.1) is 0 Å². The standard InChI is InChI=1S/C21H27N3O4S/c1-21(2)14-18(17-8-6-7-9-19(17)28-21)22-20(25)15-10-12-16(13-11-15)24(5)29(26,27)23(3)4/h6-13,18H,14H2,1-5H3,(H,22,25)/t18-/m1/s1. The van der Waals surface area contributed by atoms with Crippen LogP contribution in [0.3, 0.4) is 0 Å². The zero-order chi connectivity index (χ0) is 21.4. The van der Waals surface area contributed by atoms with Crippen molar-refractivity contribution in [1.29, 1.82) is 0 Å². The summed E-state index contributed by atoms with van der Waals surface area (Å²) < 4.78 is 32.8. The number of para-hydroxylation sites is 1. The Bertz CT molecular complexity index is 1000. The van der Waals surface area contributed by atoms with Gasteiger partial charge >= 0.3 is 10.2 Å². The van der Waals surface area contributed by atoms with Gasteiger partial charge in [0, 0.05) is 38.7 Å². The van der Waals surface area contributed by atoms with Crippen LogP contribution < -0.4 is 14.4 Å². The van der Waals surface area contributed by atoms with Crippen LogP contribution in [-0.2, 0) is 10.2 Å². The molecule has 3 rings (SSSR count). The molecule has 1 N–H and O–H groups in total. The molecule has 1 aliphatic heterocycles. The fraction of sp³-hybridized carbons (Fsp3) is 0.381. The van der Waals surface area contributed by atoms with Crippen molar-refractivity contribution in [2.24, 2.45) is 0 Å². The topological polar surface area (TPSA) is 79.0 Å². The maximum atomic E-state index is 12.8. The number of nitrogens with zero attached hydrogens (tertiary/aromatic N) is 2. The third kappa shape index (κ3) is 4.38. The highest BCUT2D eigenvalue weighted by Crippen LogP contribution is 2.39. The molecule has 1 heterocycles. The monoisotopic (exact) mass is 417 g/mol. The molecule has 0 radical (unpaired) electrons. The van der Waals surface area contributed by atoms with Gasteiger partial charge in [0.1, 0.15) is 11.4 Å². The molecule has 2 aromatic carbocycles. The second kappa shape index (κ2) is 7.68. The van der Waals surface area contributed by atoms with Crippen molar-refractivity contribution in [2.45, 2.75) is 31.9 Å². The van der Waals surface area contributed by atoms with Crippen LogP contribution in [0.2, 0.25) is 0 Å². The minimum atomic E-state index is -3.58. The minimum absolute atomic E-state index is 0.168. The van der Waals surface area contributed by atoms with E-state index in [1.807, 2.05) is 38.1 Å². The number of anilines is 1. The zero-order valence-electron chi connectivity index (χ0n) is 17.3. The lowest BCUT2D eigenvalue weighted by Crippen LogP contribution is -2.41. The predicted octanol–water partition coefficient (Wildman–Crippen LogP) is 2.96. The van der Waals surface area contributed by atoms with Crippen LogP contribution in [0.15, 0.2) is 48.5 Å². The largest absolute Gasteiger partial charge is 0.487 e. The molecule has 2 aromatic rings. The molecule has 0 aromatic heterocycles. The molecular formula is C21H27N3O4S. The Balaban J connectivity index is 1.78. The van der Waals surface area contributed by atoms with E-state index in [0.717, 1.165) is 15.6 Å². The lowest BCUT2D eigenvalue weighted by molar-refractivity contribution is 0.0619. The van der Waals surface area contributed by atoms with Gasteiger partial charge in [0.05, 0.1) is 11.7 Å². The van der Waals surface area contributed by atoms with E-state index in [4.69, 9.17) is 4.74 Å². The van der Waals surface area contributed by atoms with Gasteiger partial charge in [0.25, 0.3) is 5.91 Å². The number of carbonyl (C=O) groups is 1. The molecule has 0 spiro atoms. The van der Waals surface area contributed by atoms with Crippen LogP contribution in [0, 0.1) is 0 Å². The van der Waals surface area contributed by atoms with Gasteiger partial charge in [-0.25, -0.2) is 0 Å². The van der Waals surface area contributed by atoms with Crippen LogP contribution in [0.4, 0.5) is 5.69 Å². The summed E-state index contributed by atoms with van der Waals surface area (Å²) in [6.45, 7) is 4.00. The number of fused-ring (bicyclic) bond motifs is 1. The van der Waals surface area contributed by atoms with Crippen LogP contribution in [-0.4, -0.2) is 45.4 Å². The van der Waals surface area contributed by atoms with Crippen molar-refractivity contribution in [3.8, 4) is 5.75 Å². The third-order valence-corrected chi connectivity index (χ3v) is 6.81. The number of hydrogen-bond acceptors (Lipinski definition) is 4. The Morgan fingerprint density at radius 1 is 1.07 bits per heavy atom. The maximum Gasteiger partial charge on any atom is 0.303 e. The number of amides is 1. The van der Waals surface area contributed by atoms with Crippen molar-refractivity contribution in [3.05, 3.63) is 59.7 Å². The van der Waals surface area contributed by atoms with Crippen molar-refractivity contribution in [3.63, 3.8) is 0 Å². The fourth-order valence-corrected chi connectivity index (χ4v) is 4.25. The average Bonchev–Trinajstić information content (AvgIpc) is 2.66. The molecule has 7 nitrogen and oxygen atoms in total. The minimum Gasteiger partial charge on any atom is -0.487 e. The summed E-state index contributed by atoms with van der Waals surface area (Å²) >= 11 is 0. The summed E-state index contributed by atoms with van der Waals surface area (Å²) in [5, 5.41) is 3.09. The SMILES string of the molecule is CN(C)S(=O)(=O)N(C)c1ccc(C(=O)N[C@@H]2CC(C)(C)Oc3ccccc32)cc1. The summed E-state index contributed by atoms with van der Waals surface area (Å²) in [6.07, 6.45) is 0.650. The lowest BCUT2D eigenvalue weighted by Gasteiger charge is -2.37. The van der Waals surface area contributed by atoms with Crippen LogP contribution in [0.5, 0.6) is 5.75 Å². The first-order valence-electron chi connectivity index (χ1n) is 9.36. The van der Waals surface area contributed by atoms with Crippen molar-refractivity contribution < 1.29 is 17.9 Å². The molecule has 0 saturated heterocycles. The number of hydrogen-bond donors (Lipinski definition) is 1. The number of rotatable bonds is 5. The highest BCUT2D eigenvalue weighted by Gasteiger charge is 2.34. The summed E-state index contributed by atoms with van der Waals surface area (Å²) in [6, 6.07) is 14.0. The lowest BCUT2D eigenvalue weighted by atomic mass is 9.89. The predicted molar refractivity (Wildman–Crippen MR) is 113 cm³/mol. The van der Waals surface area contributed by atoms with Gasteiger partial charge in [0.15, 0.2) is 0 Å². The molecule has 1 amide bonds. The number of ether oxygens (including phenoxy) is 1. The first kappa shape index (κ1) is 21.1. The Hall–Kier alpha value is -2.58. The van der Waals surface area contributed by atoms with Gasteiger partial charge < -0.3 is 10.1 Å². The molecule has 29 heavy (non-hydrogen) atoms. The van der Waals surface area contributed by atoms with E-state index >= 15 is 0 Å². The molecular weight excluding hydrogens is 390 g/mol. The highest BCUT2D eigenvalue weighted by atomic mass is 32.2.